The maximum absolute atomic E-state index is 5.19. The zero-order chi connectivity index (χ0) is 10.2. The van der Waals surface area contributed by atoms with Gasteiger partial charge in [0.2, 0.25) is 0 Å². The Morgan fingerprint density at radius 3 is 2.93 bits per heavy atom. The average molecular weight is 199 g/mol. The van der Waals surface area contributed by atoms with E-state index >= 15 is 0 Å². The molecule has 0 aliphatic rings. The van der Waals surface area contributed by atoms with E-state index in [0.717, 1.165) is 18.8 Å². The molecular formula is C10H17NO3. The largest absolute Gasteiger partial charge is 0.468 e. The molecule has 0 bridgehead atoms. The molecule has 1 aromatic heterocycles. The van der Waals surface area contributed by atoms with Gasteiger partial charge in [0.05, 0.1) is 25.5 Å². The van der Waals surface area contributed by atoms with Crippen molar-refractivity contribution in [3.63, 3.8) is 0 Å². The van der Waals surface area contributed by atoms with Gasteiger partial charge in [-0.2, -0.15) is 0 Å². The van der Waals surface area contributed by atoms with Crippen molar-refractivity contribution >= 4 is 0 Å². The van der Waals surface area contributed by atoms with Crippen molar-refractivity contribution in [3.05, 3.63) is 24.2 Å². The zero-order valence-electron chi connectivity index (χ0n) is 8.66. The van der Waals surface area contributed by atoms with Crippen LogP contribution in [-0.4, -0.2) is 33.5 Å². The van der Waals surface area contributed by atoms with Crippen LogP contribution < -0.4 is 5.32 Å². The second kappa shape index (κ2) is 6.59. The van der Waals surface area contributed by atoms with E-state index in [1.165, 1.54) is 0 Å². The molecule has 1 heterocycles. The van der Waals surface area contributed by atoms with Crippen LogP contribution in [0.5, 0.6) is 0 Å². The SMILES string of the molecule is COCC(CNCc1ccco1)OC. The van der Waals surface area contributed by atoms with Crippen molar-refractivity contribution in [2.75, 3.05) is 27.4 Å². The molecule has 4 heteroatoms. The molecule has 0 radical (unpaired) electrons. The Balaban J connectivity index is 2.13. The Kier molecular flexibility index (Phi) is 5.29. The van der Waals surface area contributed by atoms with Gasteiger partial charge in [0.25, 0.3) is 0 Å². The molecule has 0 aliphatic heterocycles. The summed E-state index contributed by atoms with van der Waals surface area (Å²) < 4.78 is 15.4. The summed E-state index contributed by atoms with van der Waals surface area (Å²) in [7, 11) is 3.34. The first-order chi connectivity index (χ1) is 6.86. The molecule has 0 aromatic carbocycles. The van der Waals surface area contributed by atoms with Crippen LogP contribution in [0.15, 0.2) is 22.8 Å². The molecular weight excluding hydrogens is 182 g/mol. The van der Waals surface area contributed by atoms with Gasteiger partial charge in [0.15, 0.2) is 0 Å². The number of ether oxygens (including phenoxy) is 2. The number of hydrogen-bond donors (Lipinski definition) is 1. The fraction of sp³-hybridized carbons (Fsp3) is 0.600. The van der Waals surface area contributed by atoms with Gasteiger partial charge < -0.3 is 19.2 Å². The summed E-state index contributed by atoms with van der Waals surface area (Å²) in [5, 5.41) is 3.22. The maximum atomic E-state index is 5.19. The van der Waals surface area contributed by atoms with E-state index in [1.54, 1.807) is 20.5 Å². The summed E-state index contributed by atoms with van der Waals surface area (Å²) in [4.78, 5) is 0. The van der Waals surface area contributed by atoms with E-state index in [2.05, 4.69) is 5.32 Å². The van der Waals surface area contributed by atoms with E-state index in [0.29, 0.717) is 6.61 Å². The highest BCUT2D eigenvalue weighted by molar-refractivity contribution is 4.97. The van der Waals surface area contributed by atoms with Crippen LogP contribution in [0.25, 0.3) is 0 Å². The molecule has 0 saturated heterocycles. The molecule has 0 saturated carbocycles. The van der Waals surface area contributed by atoms with Gasteiger partial charge in [-0.25, -0.2) is 0 Å². The molecule has 4 nitrogen and oxygen atoms in total. The number of nitrogens with one attached hydrogen (secondary N) is 1. The van der Waals surface area contributed by atoms with Crippen LogP contribution in [0, 0.1) is 0 Å². The first-order valence-electron chi connectivity index (χ1n) is 4.61. The normalized spacial score (nSPS) is 13.0. The Morgan fingerprint density at radius 2 is 2.36 bits per heavy atom. The van der Waals surface area contributed by atoms with Crippen LogP contribution in [-0.2, 0) is 16.0 Å². The summed E-state index contributed by atoms with van der Waals surface area (Å²) in [5.74, 6) is 0.928. The first-order valence-corrected chi connectivity index (χ1v) is 4.61. The third-order valence-electron chi connectivity index (χ3n) is 1.94. The lowest BCUT2D eigenvalue weighted by Crippen LogP contribution is -2.31. The molecule has 0 amide bonds. The van der Waals surface area contributed by atoms with Crippen LogP contribution >= 0.6 is 0 Å². The minimum absolute atomic E-state index is 0.0926. The molecule has 14 heavy (non-hydrogen) atoms. The molecule has 1 atom stereocenters. The fourth-order valence-electron chi connectivity index (χ4n) is 1.17. The van der Waals surface area contributed by atoms with Crippen molar-refractivity contribution in [2.45, 2.75) is 12.6 Å². The molecule has 0 spiro atoms. The van der Waals surface area contributed by atoms with Crippen molar-refractivity contribution in [1.82, 2.24) is 5.32 Å². The van der Waals surface area contributed by atoms with Crippen LogP contribution in [0.4, 0.5) is 0 Å². The standard InChI is InChI=1S/C10H17NO3/c1-12-8-10(13-2)7-11-6-9-4-3-5-14-9/h3-5,10-11H,6-8H2,1-2H3. The Hall–Kier alpha value is -0.840. The van der Waals surface area contributed by atoms with Crippen LogP contribution in [0.3, 0.4) is 0 Å². The molecule has 0 aliphatic carbocycles. The van der Waals surface area contributed by atoms with E-state index < -0.39 is 0 Å². The number of furan rings is 1. The molecule has 1 rings (SSSR count). The predicted octanol–water partition coefficient (Wildman–Crippen LogP) is 1.03. The minimum Gasteiger partial charge on any atom is -0.468 e. The fourth-order valence-corrected chi connectivity index (χ4v) is 1.17. The van der Waals surface area contributed by atoms with Gasteiger partial charge >= 0.3 is 0 Å². The highest BCUT2D eigenvalue weighted by Gasteiger charge is 2.05. The Bertz CT molecular complexity index is 223. The minimum atomic E-state index is 0.0926. The van der Waals surface area contributed by atoms with E-state index in [-0.39, 0.29) is 6.10 Å². The highest BCUT2D eigenvalue weighted by atomic mass is 16.5. The summed E-state index contributed by atoms with van der Waals surface area (Å²) in [6.45, 7) is 2.07. The van der Waals surface area contributed by atoms with E-state index in [9.17, 15) is 0 Å². The Labute approximate surface area is 84.2 Å². The third-order valence-corrected chi connectivity index (χ3v) is 1.94. The van der Waals surface area contributed by atoms with Gasteiger partial charge in [-0.3, -0.25) is 0 Å². The zero-order valence-corrected chi connectivity index (χ0v) is 8.66. The molecule has 80 valence electrons. The number of hydrogen-bond acceptors (Lipinski definition) is 4. The summed E-state index contributed by atoms with van der Waals surface area (Å²) >= 11 is 0. The quantitative estimate of drug-likeness (QED) is 0.712. The smallest absolute Gasteiger partial charge is 0.117 e. The lowest BCUT2D eigenvalue weighted by molar-refractivity contribution is 0.0285. The van der Waals surface area contributed by atoms with Crippen molar-refractivity contribution in [1.29, 1.82) is 0 Å². The predicted molar refractivity (Wildman–Crippen MR) is 53.1 cm³/mol. The second-order valence-electron chi connectivity index (χ2n) is 3.02. The monoisotopic (exact) mass is 199 g/mol. The summed E-state index contributed by atoms with van der Waals surface area (Å²) in [6.07, 6.45) is 1.76. The van der Waals surface area contributed by atoms with Gasteiger partial charge in [-0.1, -0.05) is 0 Å². The van der Waals surface area contributed by atoms with E-state index in [1.807, 2.05) is 12.1 Å². The lowest BCUT2D eigenvalue weighted by Gasteiger charge is -2.14. The third kappa shape index (κ3) is 3.91. The highest BCUT2D eigenvalue weighted by Crippen LogP contribution is 1.98. The summed E-state index contributed by atoms with van der Waals surface area (Å²) in [5.41, 5.74) is 0. The number of methoxy groups -OCH3 is 2. The first kappa shape index (κ1) is 11.2. The van der Waals surface area contributed by atoms with Crippen LogP contribution in [0.1, 0.15) is 5.76 Å². The Morgan fingerprint density at radius 1 is 1.50 bits per heavy atom. The molecule has 1 N–H and O–H groups in total. The topological polar surface area (TPSA) is 43.6 Å². The van der Waals surface area contributed by atoms with Crippen molar-refractivity contribution in [2.24, 2.45) is 0 Å². The maximum Gasteiger partial charge on any atom is 0.117 e. The summed E-state index contributed by atoms with van der Waals surface area (Å²) in [6, 6.07) is 3.81. The van der Waals surface area contributed by atoms with Gasteiger partial charge in [-0.15, -0.1) is 0 Å². The van der Waals surface area contributed by atoms with E-state index in [4.69, 9.17) is 13.9 Å². The average Bonchev–Trinajstić information content (AvgIpc) is 2.69. The number of rotatable bonds is 7. The van der Waals surface area contributed by atoms with Crippen LogP contribution in [0.2, 0.25) is 0 Å². The second-order valence-corrected chi connectivity index (χ2v) is 3.02. The van der Waals surface area contributed by atoms with Gasteiger partial charge in [0.1, 0.15) is 5.76 Å². The lowest BCUT2D eigenvalue weighted by atomic mass is 10.3. The molecule has 1 aromatic rings. The molecule has 1 unspecified atom stereocenters. The van der Waals surface area contributed by atoms with Crippen molar-refractivity contribution < 1.29 is 13.9 Å². The van der Waals surface area contributed by atoms with Gasteiger partial charge in [0, 0.05) is 20.8 Å². The van der Waals surface area contributed by atoms with Gasteiger partial charge in [-0.05, 0) is 12.1 Å². The molecule has 0 fully saturated rings. The van der Waals surface area contributed by atoms with Crippen molar-refractivity contribution in [3.8, 4) is 0 Å².